The van der Waals surface area contributed by atoms with Crippen molar-refractivity contribution >= 4 is 17.5 Å². The Kier molecular flexibility index (Phi) is 6.76. The van der Waals surface area contributed by atoms with E-state index in [1.807, 2.05) is 25.1 Å². The monoisotopic (exact) mass is 386 g/mol. The van der Waals surface area contributed by atoms with Crippen molar-refractivity contribution in [3.05, 3.63) is 48.0 Å². The van der Waals surface area contributed by atoms with Gasteiger partial charge in [-0.3, -0.25) is 4.79 Å². The van der Waals surface area contributed by atoms with Gasteiger partial charge in [-0.25, -0.2) is 14.4 Å². The highest BCUT2D eigenvalue weighted by atomic mass is 19.1. The number of nitrogens with zero attached hydrogens (tertiary/aromatic N) is 5. The third-order valence-corrected chi connectivity index (χ3v) is 4.72. The zero-order valence-electron chi connectivity index (χ0n) is 16.4. The number of carbonyl (C=O) groups excluding carboxylic acids is 1. The number of hydrogen-bond acceptors (Lipinski definition) is 6. The molecule has 1 aliphatic heterocycles. The molecule has 0 aliphatic carbocycles. The average Bonchev–Trinajstić information content (AvgIpc) is 2.71. The van der Waals surface area contributed by atoms with E-state index in [4.69, 9.17) is 0 Å². The number of rotatable bonds is 7. The molecule has 8 heteroatoms. The number of halogens is 1. The Hall–Kier alpha value is -2.74. The molecule has 1 fully saturated rings. The van der Waals surface area contributed by atoms with Gasteiger partial charge in [0, 0.05) is 45.1 Å². The number of carbonyl (C=O) groups is 1. The maximum atomic E-state index is 13.9. The summed E-state index contributed by atoms with van der Waals surface area (Å²) < 4.78 is 13.9. The van der Waals surface area contributed by atoms with Crippen LogP contribution in [0.4, 0.5) is 16.0 Å². The summed E-state index contributed by atoms with van der Waals surface area (Å²) in [6.07, 6.45) is 4.02. The molecule has 28 heavy (non-hydrogen) atoms. The minimum Gasteiger partial charge on any atom is -0.366 e. The molecule has 2 aromatic rings. The second-order valence-corrected chi connectivity index (χ2v) is 7.11. The van der Waals surface area contributed by atoms with Gasteiger partial charge in [0.1, 0.15) is 5.82 Å². The van der Waals surface area contributed by atoms with Crippen LogP contribution >= 0.6 is 0 Å². The summed E-state index contributed by atoms with van der Waals surface area (Å²) in [6.45, 7) is 4.33. The predicted octanol–water partition coefficient (Wildman–Crippen LogP) is 1.62. The molecule has 1 aromatic heterocycles. The number of para-hydroxylation sites is 1. The maximum Gasteiger partial charge on any atom is 0.254 e. The van der Waals surface area contributed by atoms with Crippen molar-refractivity contribution in [1.29, 1.82) is 0 Å². The Morgan fingerprint density at radius 1 is 1.11 bits per heavy atom. The van der Waals surface area contributed by atoms with E-state index in [1.54, 1.807) is 24.5 Å². The minimum absolute atomic E-state index is 0.158. The molecule has 1 saturated heterocycles. The summed E-state index contributed by atoms with van der Waals surface area (Å²) in [7, 11) is 4.01. The number of benzene rings is 1. The van der Waals surface area contributed by atoms with Crippen LogP contribution in [0.25, 0.3) is 0 Å². The molecule has 0 bridgehead atoms. The number of aromatic nitrogens is 2. The molecule has 0 spiro atoms. The molecule has 150 valence electrons. The second kappa shape index (κ2) is 9.45. The fourth-order valence-corrected chi connectivity index (χ4v) is 3.16. The third-order valence-electron chi connectivity index (χ3n) is 4.72. The van der Waals surface area contributed by atoms with Crippen LogP contribution in [-0.2, 0) is 0 Å². The van der Waals surface area contributed by atoms with E-state index in [1.165, 1.54) is 6.07 Å². The van der Waals surface area contributed by atoms with Gasteiger partial charge in [-0.2, -0.15) is 0 Å². The highest BCUT2D eigenvalue weighted by molar-refractivity contribution is 5.93. The van der Waals surface area contributed by atoms with Crippen LogP contribution in [0.1, 0.15) is 16.8 Å². The van der Waals surface area contributed by atoms with Crippen molar-refractivity contribution in [2.45, 2.75) is 6.42 Å². The highest BCUT2D eigenvalue weighted by Gasteiger charge is 2.21. The fraction of sp³-hybridized carbons (Fsp3) is 0.450. The summed E-state index contributed by atoms with van der Waals surface area (Å²) in [5.74, 6) is 0.236. The Labute approximate surface area is 165 Å². The molecule has 7 nitrogen and oxygen atoms in total. The molecule has 3 rings (SSSR count). The Balaban J connectivity index is 1.50. The van der Waals surface area contributed by atoms with Gasteiger partial charge < -0.3 is 20.0 Å². The third kappa shape index (κ3) is 5.16. The molecule has 1 amide bonds. The molecule has 1 N–H and O–H groups in total. The van der Waals surface area contributed by atoms with Crippen LogP contribution in [0.5, 0.6) is 0 Å². The van der Waals surface area contributed by atoms with E-state index < -0.39 is 0 Å². The summed E-state index contributed by atoms with van der Waals surface area (Å²) in [6, 6.07) is 6.82. The number of piperazine rings is 1. The minimum atomic E-state index is -0.201. The second-order valence-electron chi connectivity index (χ2n) is 7.11. The molecule has 1 aromatic carbocycles. The predicted molar refractivity (Wildman–Crippen MR) is 108 cm³/mol. The van der Waals surface area contributed by atoms with Crippen LogP contribution in [0.3, 0.4) is 0 Å². The normalized spacial score (nSPS) is 14.4. The first-order chi connectivity index (χ1) is 13.5. The summed E-state index contributed by atoms with van der Waals surface area (Å²) >= 11 is 0. The van der Waals surface area contributed by atoms with E-state index >= 15 is 0 Å². The summed E-state index contributed by atoms with van der Waals surface area (Å²) in [4.78, 5) is 27.0. The Morgan fingerprint density at radius 2 is 1.75 bits per heavy atom. The lowest BCUT2D eigenvalue weighted by molar-refractivity contribution is 0.0951. The average molecular weight is 386 g/mol. The van der Waals surface area contributed by atoms with E-state index in [2.05, 4.69) is 25.1 Å². The van der Waals surface area contributed by atoms with Crippen molar-refractivity contribution in [2.75, 3.05) is 63.2 Å². The SMILES string of the molecule is CN(C)CCCNC(=O)c1cnc(N2CCN(c3ccccc3F)CC2)nc1. The van der Waals surface area contributed by atoms with Gasteiger partial charge in [-0.15, -0.1) is 0 Å². The van der Waals surface area contributed by atoms with Crippen molar-refractivity contribution in [2.24, 2.45) is 0 Å². The number of nitrogens with one attached hydrogen (secondary N) is 1. The van der Waals surface area contributed by atoms with Gasteiger partial charge in [0.2, 0.25) is 5.95 Å². The van der Waals surface area contributed by atoms with Crippen molar-refractivity contribution in [3.63, 3.8) is 0 Å². The Morgan fingerprint density at radius 3 is 2.39 bits per heavy atom. The number of hydrogen-bond donors (Lipinski definition) is 1. The molecule has 0 atom stereocenters. The van der Waals surface area contributed by atoms with E-state index in [0.29, 0.717) is 49.9 Å². The summed E-state index contributed by atoms with van der Waals surface area (Å²) in [5.41, 5.74) is 1.09. The maximum absolute atomic E-state index is 13.9. The first kappa shape index (κ1) is 20.0. The smallest absolute Gasteiger partial charge is 0.254 e. The molecule has 0 unspecified atom stereocenters. The van der Waals surface area contributed by atoms with E-state index in [-0.39, 0.29) is 11.7 Å². The van der Waals surface area contributed by atoms with Gasteiger partial charge in [-0.05, 0) is 39.2 Å². The summed E-state index contributed by atoms with van der Waals surface area (Å²) in [5, 5.41) is 2.88. The quantitative estimate of drug-likeness (QED) is 0.730. The van der Waals surface area contributed by atoms with Gasteiger partial charge in [0.25, 0.3) is 5.91 Å². The highest BCUT2D eigenvalue weighted by Crippen LogP contribution is 2.21. The fourth-order valence-electron chi connectivity index (χ4n) is 3.16. The first-order valence-electron chi connectivity index (χ1n) is 9.54. The van der Waals surface area contributed by atoms with Crippen LogP contribution < -0.4 is 15.1 Å². The molecular formula is C20H27FN6O. The Bertz CT molecular complexity index is 775. The molecule has 0 radical (unpaired) electrons. The van der Waals surface area contributed by atoms with Crippen LogP contribution in [-0.4, -0.2) is 74.1 Å². The van der Waals surface area contributed by atoms with Crippen molar-refractivity contribution in [3.8, 4) is 0 Å². The molecule has 2 heterocycles. The first-order valence-corrected chi connectivity index (χ1v) is 9.54. The van der Waals surface area contributed by atoms with Crippen molar-refractivity contribution < 1.29 is 9.18 Å². The van der Waals surface area contributed by atoms with Crippen LogP contribution in [0.2, 0.25) is 0 Å². The lowest BCUT2D eigenvalue weighted by Crippen LogP contribution is -2.47. The van der Waals surface area contributed by atoms with Crippen molar-refractivity contribution in [1.82, 2.24) is 20.2 Å². The number of anilines is 2. The van der Waals surface area contributed by atoms with Crippen LogP contribution in [0.15, 0.2) is 36.7 Å². The van der Waals surface area contributed by atoms with Crippen LogP contribution in [0, 0.1) is 5.82 Å². The topological polar surface area (TPSA) is 64.6 Å². The van der Waals surface area contributed by atoms with Gasteiger partial charge in [-0.1, -0.05) is 12.1 Å². The zero-order valence-corrected chi connectivity index (χ0v) is 16.4. The van der Waals surface area contributed by atoms with Gasteiger partial charge in [0.05, 0.1) is 11.3 Å². The van der Waals surface area contributed by atoms with Gasteiger partial charge in [0.15, 0.2) is 0 Å². The van der Waals surface area contributed by atoms with Gasteiger partial charge >= 0.3 is 0 Å². The molecule has 1 aliphatic rings. The van der Waals surface area contributed by atoms with E-state index in [0.717, 1.165) is 13.0 Å². The molecular weight excluding hydrogens is 359 g/mol. The standard InChI is InChI=1S/C20H27FN6O/c1-25(2)9-5-8-22-19(28)16-14-23-20(24-15-16)27-12-10-26(11-13-27)18-7-4-3-6-17(18)21/h3-4,6-7,14-15H,5,8-13H2,1-2H3,(H,22,28). The number of amides is 1. The molecule has 0 saturated carbocycles. The lowest BCUT2D eigenvalue weighted by Gasteiger charge is -2.36. The lowest BCUT2D eigenvalue weighted by atomic mass is 10.2. The zero-order chi connectivity index (χ0) is 19.9. The van der Waals surface area contributed by atoms with E-state index in [9.17, 15) is 9.18 Å². The largest absolute Gasteiger partial charge is 0.366 e.